The van der Waals surface area contributed by atoms with Gasteiger partial charge in [-0.3, -0.25) is 14.4 Å². The van der Waals surface area contributed by atoms with Crippen LogP contribution in [0.4, 0.5) is 0 Å². The molecule has 0 saturated carbocycles. The number of nitrogens with zero attached hydrogens (tertiary/aromatic N) is 2. The highest BCUT2D eigenvalue weighted by molar-refractivity contribution is 6.04. The quantitative estimate of drug-likeness (QED) is 0.342. The molecule has 0 bridgehead atoms. The van der Waals surface area contributed by atoms with Gasteiger partial charge in [-0.2, -0.15) is 4.79 Å². The monoisotopic (exact) mass is 452 g/mol. The topological polar surface area (TPSA) is 145 Å². The van der Waals surface area contributed by atoms with Crippen LogP contribution in [0.1, 0.15) is 42.8 Å². The molecule has 1 N–H and O–H groups in total. The zero-order valence-electron chi connectivity index (χ0n) is 18.3. The molecule has 10 heteroatoms. The molecular formula is C23H20N2O8. The van der Waals surface area contributed by atoms with Crippen molar-refractivity contribution in [2.24, 2.45) is 0 Å². The summed E-state index contributed by atoms with van der Waals surface area (Å²) in [7, 11) is 1.41. The van der Waals surface area contributed by atoms with Crippen LogP contribution in [0.25, 0.3) is 16.3 Å². The van der Waals surface area contributed by atoms with E-state index in [0.717, 1.165) is 0 Å². The molecule has 1 aromatic carbocycles. The van der Waals surface area contributed by atoms with Crippen LogP contribution in [0.5, 0.6) is 5.75 Å². The molecule has 4 aliphatic rings. The van der Waals surface area contributed by atoms with Gasteiger partial charge in [-0.1, -0.05) is 12.1 Å². The van der Waals surface area contributed by atoms with Crippen molar-refractivity contribution in [2.75, 3.05) is 13.9 Å². The van der Waals surface area contributed by atoms with Crippen LogP contribution < -0.4 is 21.0 Å². The first kappa shape index (κ1) is 21.6. The number of benzene rings is 1. The number of hydrogen-bond acceptors (Lipinski definition) is 8. The molecule has 1 fully saturated rings. The molecule has 3 aliphatic carbocycles. The summed E-state index contributed by atoms with van der Waals surface area (Å²) in [5, 5.41) is 10.1. The normalized spacial score (nSPS) is 25.8. The summed E-state index contributed by atoms with van der Waals surface area (Å²) in [5.41, 5.74) is 6.97. The molecule has 1 aliphatic heterocycles. The van der Waals surface area contributed by atoms with Crippen molar-refractivity contribution in [2.45, 2.75) is 44.4 Å². The Balaban J connectivity index is 2.01. The Kier molecular flexibility index (Phi) is 4.49. The van der Waals surface area contributed by atoms with Crippen molar-refractivity contribution in [3.05, 3.63) is 71.1 Å². The lowest BCUT2D eigenvalue weighted by Crippen LogP contribution is -2.53. The number of aliphatic hydroxyl groups is 1. The minimum Gasteiger partial charge on any atom is -0.467 e. The maximum Gasteiger partial charge on any atom is 0.333 e. The van der Waals surface area contributed by atoms with Crippen LogP contribution in [-0.4, -0.2) is 47.1 Å². The van der Waals surface area contributed by atoms with E-state index in [9.17, 15) is 25.0 Å². The van der Waals surface area contributed by atoms with Gasteiger partial charge < -0.3 is 29.6 Å². The fourth-order valence-corrected chi connectivity index (χ4v) is 5.10. The Morgan fingerprint density at radius 2 is 1.88 bits per heavy atom. The Bertz CT molecular complexity index is 1600. The molecular weight excluding hydrogens is 432 g/mol. The number of ether oxygens (including phenoxy) is 4. The second-order valence-corrected chi connectivity index (χ2v) is 8.83. The molecule has 0 aromatic heterocycles. The van der Waals surface area contributed by atoms with Gasteiger partial charge in [-0.15, -0.1) is 0 Å². The van der Waals surface area contributed by atoms with Crippen molar-refractivity contribution in [1.29, 1.82) is 0 Å². The number of carbonyl (C=O) groups excluding carboxylic acids is 1. The van der Waals surface area contributed by atoms with Gasteiger partial charge in [0.25, 0.3) is 0 Å². The van der Waals surface area contributed by atoms with Crippen LogP contribution >= 0.6 is 0 Å². The van der Waals surface area contributed by atoms with E-state index in [1.54, 1.807) is 13.8 Å². The summed E-state index contributed by atoms with van der Waals surface area (Å²) in [4.78, 5) is 43.8. The number of hydrogen-bond donors (Lipinski definition) is 1. The van der Waals surface area contributed by atoms with Crippen LogP contribution in [0.3, 0.4) is 0 Å². The summed E-state index contributed by atoms with van der Waals surface area (Å²) < 4.78 is 22.2. The van der Waals surface area contributed by atoms with E-state index in [1.165, 1.54) is 32.2 Å². The molecule has 170 valence electrons. The number of ketones is 1. The molecule has 1 aromatic rings. The van der Waals surface area contributed by atoms with E-state index in [2.05, 4.69) is 4.79 Å². The van der Waals surface area contributed by atoms with E-state index in [1.807, 2.05) is 0 Å². The van der Waals surface area contributed by atoms with Crippen molar-refractivity contribution in [3.8, 4) is 5.75 Å². The van der Waals surface area contributed by atoms with E-state index >= 15 is 0 Å². The van der Waals surface area contributed by atoms with Crippen LogP contribution in [0.2, 0.25) is 0 Å². The maximum absolute atomic E-state index is 13.6. The largest absolute Gasteiger partial charge is 0.467 e. The first-order valence-electron chi connectivity index (χ1n) is 10.2. The summed E-state index contributed by atoms with van der Waals surface area (Å²) in [6.45, 7) is 4.56. The van der Waals surface area contributed by atoms with Gasteiger partial charge in [0.1, 0.15) is 28.8 Å². The third-order valence-electron chi connectivity index (χ3n) is 6.33. The standard InChI is InChI=1S/C23H20N2O8/c1-22(2)32-21-15-13(19(28)20(29)23(21,3)33-22)12-14(16(15)25-24)18(27)11-9(17(12)26)6-5-7-10(11)31-8-30-4/h5-7,20-21,29H,8H2,1-4H3/t20-,21?,23?/m0/s1. The van der Waals surface area contributed by atoms with Crippen LogP contribution in [0.15, 0.2) is 27.8 Å². The fourth-order valence-electron chi connectivity index (χ4n) is 5.10. The fraction of sp³-hybridized carbons (Fsp3) is 0.391. The highest BCUT2D eigenvalue weighted by atomic mass is 16.8. The van der Waals surface area contributed by atoms with E-state index in [4.69, 9.17) is 18.9 Å². The molecule has 0 spiro atoms. The Hall–Kier alpha value is -3.27. The molecule has 0 amide bonds. The van der Waals surface area contributed by atoms with Crippen molar-refractivity contribution in [3.63, 3.8) is 0 Å². The molecule has 0 radical (unpaired) electrons. The highest BCUT2D eigenvalue weighted by Crippen LogP contribution is 2.50. The number of methoxy groups -OCH3 is 1. The molecule has 33 heavy (non-hydrogen) atoms. The van der Waals surface area contributed by atoms with Gasteiger partial charge >= 0.3 is 5.36 Å². The van der Waals surface area contributed by atoms with E-state index < -0.39 is 40.2 Å². The van der Waals surface area contributed by atoms with Gasteiger partial charge in [0.15, 0.2) is 23.8 Å². The zero-order valence-corrected chi connectivity index (χ0v) is 18.3. The zero-order chi connectivity index (χ0) is 23.9. The van der Waals surface area contributed by atoms with Gasteiger partial charge in [0, 0.05) is 18.1 Å². The average Bonchev–Trinajstić information content (AvgIpc) is 3.25. The van der Waals surface area contributed by atoms with E-state index in [0.29, 0.717) is 0 Å². The third kappa shape index (κ3) is 2.67. The van der Waals surface area contributed by atoms with Crippen LogP contribution in [0, 0.1) is 10.4 Å². The molecule has 1 saturated heterocycles. The first-order valence-corrected chi connectivity index (χ1v) is 10.2. The molecule has 1 heterocycles. The van der Waals surface area contributed by atoms with Gasteiger partial charge in [0.05, 0.1) is 16.2 Å². The Morgan fingerprint density at radius 1 is 1.15 bits per heavy atom. The SMILES string of the molecule is COCOc1cccc2c(=O)c3c4c(c(=[N+]=[N-])c=3c(=O)c12)C1OC(C)(C)OC1(C)[C@@H](O)C4=O. The molecule has 2 unspecified atom stereocenters. The van der Waals surface area contributed by atoms with Crippen molar-refractivity contribution in [1.82, 2.24) is 0 Å². The summed E-state index contributed by atoms with van der Waals surface area (Å²) >= 11 is 0. The minimum absolute atomic E-state index is 0.0259. The average molecular weight is 452 g/mol. The minimum atomic E-state index is -1.67. The van der Waals surface area contributed by atoms with Crippen LogP contribution in [-0.2, 0) is 14.2 Å². The Morgan fingerprint density at radius 3 is 2.55 bits per heavy atom. The lowest BCUT2D eigenvalue weighted by molar-refractivity contribution is -0.173. The molecule has 5 rings (SSSR count). The van der Waals surface area contributed by atoms with Crippen molar-refractivity contribution < 1.29 is 33.6 Å². The first-order chi connectivity index (χ1) is 15.6. The summed E-state index contributed by atoms with van der Waals surface area (Å²) in [6, 6.07) is 4.49. The smallest absolute Gasteiger partial charge is 0.333 e. The molecule has 3 atom stereocenters. The van der Waals surface area contributed by atoms with Gasteiger partial charge in [0.2, 0.25) is 5.43 Å². The summed E-state index contributed by atoms with van der Waals surface area (Å²) in [5.74, 6) is -1.89. The lowest BCUT2D eigenvalue weighted by atomic mass is 9.77. The van der Waals surface area contributed by atoms with Gasteiger partial charge in [-0.25, -0.2) is 0 Å². The Labute approximate surface area is 185 Å². The summed E-state index contributed by atoms with van der Waals surface area (Å²) in [6.07, 6.45) is -2.74. The number of Topliss-reactive ketones (excluding diaryl/α,β-unsaturated/α-hetero) is 1. The third-order valence-corrected chi connectivity index (χ3v) is 6.33. The lowest BCUT2D eigenvalue weighted by Gasteiger charge is -2.35. The van der Waals surface area contributed by atoms with E-state index in [-0.39, 0.29) is 50.2 Å². The molecule has 10 nitrogen and oxygen atoms in total. The number of fused-ring (bicyclic) bond motifs is 5. The predicted molar refractivity (Wildman–Crippen MR) is 111 cm³/mol. The maximum atomic E-state index is 13.6. The predicted octanol–water partition coefficient (Wildman–Crippen LogP) is 0.414. The second-order valence-electron chi connectivity index (χ2n) is 8.83. The number of rotatable bonds is 3. The number of aliphatic hydroxyl groups excluding tert-OH is 1. The van der Waals surface area contributed by atoms with Crippen molar-refractivity contribution >= 4 is 16.6 Å². The highest BCUT2D eigenvalue weighted by Gasteiger charge is 2.62. The van der Waals surface area contributed by atoms with Gasteiger partial charge in [-0.05, 0) is 26.8 Å². The second kappa shape index (κ2) is 6.86. The number of carbonyl (C=O) groups is 1.